The SMILES string of the molecule is C/C=c1/ccc(Nc2ccc(OC(F)(F)F)cc2N)n/c1=C(\Cl)CC. The first-order chi connectivity index (χ1) is 11.7. The molecule has 1 aromatic heterocycles. The van der Waals surface area contributed by atoms with Crippen molar-refractivity contribution in [2.75, 3.05) is 11.1 Å². The standard InChI is InChI=1S/C17H17ClF3N3O/c1-3-10-5-8-15(24-16(10)12(18)4-2)23-14-7-6-11(9-13(14)22)25-17(19,20)21/h3,5-9H,4,22H2,1-2H3,(H,23,24)/b10-3-,16-12-. The van der Waals surface area contributed by atoms with Gasteiger partial charge in [0.1, 0.15) is 11.6 Å². The van der Waals surface area contributed by atoms with Gasteiger partial charge in [-0.05, 0) is 42.8 Å². The summed E-state index contributed by atoms with van der Waals surface area (Å²) >= 11 is 6.22. The number of nitrogens with one attached hydrogen (secondary N) is 1. The van der Waals surface area contributed by atoms with Gasteiger partial charge in [0.15, 0.2) is 0 Å². The highest BCUT2D eigenvalue weighted by molar-refractivity contribution is 6.44. The van der Waals surface area contributed by atoms with Gasteiger partial charge in [-0.3, -0.25) is 0 Å². The summed E-state index contributed by atoms with van der Waals surface area (Å²) in [7, 11) is 0. The van der Waals surface area contributed by atoms with E-state index in [1.807, 2.05) is 26.0 Å². The van der Waals surface area contributed by atoms with E-state index in [1.54, 1.807) is 6.07 Å². The highest BCUT2D eigenvalue weighted by Gasteiger charge is 2.31. The number of aromatic nitrogens is 1. The summed E-state index contributed by atoms with van der Waals surface area (Å²) in [6, 6.07) is 7.24. The van der Waals surface area contributed by atoms with E-state index >= 15 is 0 Å². The number of nitrogens with two attached hydrogens (primary N) is 1. The van der Waals surface area contributed by atoms with Gasteiger partial charge in [0.2, 0.25) is 0 Å². The molecule has 2 rings (SSSR count). The summed E-state index contributed by atoms with van der Waals surface area (Å²) in [6.07, 6.45) is -2.25. The van der Waals surface area contributed by atoms with E-state index < -0.39 is 6.36 Å². The number of ether oxygens (including phenoxy) is 1. The van der Waals surface area contributed by atoms with Crippen LogP contribution in [-0.4, -0.2) is 11.3 Å². The second-order valence-electron chi connectivity index (χ2n) is 5.10. The number of halogens is 4. The van der Waals surface area contributed by atoms with E-state index in [-0.39, 0.29) is 11.4 Å². The molecular formula is C17H17ClF3N3O. The van der Waals surface area contributed by atoms with Gasteiger partial charge in [-0.1, -0.05) is 24.6 Å². The molecule has 0 aliphatic heterocycles. The van der Waals surface area contributed by atoms with E-state index in [1.165, 1.54) is 12.1 Å². The Morgan fingerprint density at radius 2 is 2.04 bits per heavy atom. The maximum Gasteiger partial charge on any atom is 0.573 e. The van der Waals surface area contributed by atoms with E-state index in [9.17, 15) is 13.2 Å². The molecule has 1 aromatic carbocycles. The summed E-state index contributed by atoms with van der Waals surface area (Å²) < 4.78 is 40.6. The van der Waals surface area contributed by atoms with E-state index in [0.29, 0.717) is 28.3 Å². The van der Waals surface area contributed by atoms with Gasteiger partial charge in [0.25, 0.3) is 0 Å². The minimum Gasteiger partial charge on any atom is -0.406 e. The predicted molar refractivity (Wildman–Crippen MR) is 94.0 cm³/mol. The molecule has 0 unspecified atom stereocenters. The van der Waals surface area contributed by atoms with Gasteiger partial charge in [-0.15, -0.1) is 13.2 Å². The van der Waals surface area contributed by atoms with Crippen molar-refractivity contribution in [3.05, 3.63) is 40.9 Å². The molecule has 0 radical (unpaired) electrons. The van der Waals surface area contributed by atoms with Crippen LogP contribution in [0.2, 0.25) is 0 Å². The summed E-state index contributed by atoms with van der Waals surface area (Å²) in [5.41, 5.74) is 6.30. The molecule has 3 N–H and O–H groups in total. The molecule has 0 saturated heterocycles. The van der Waals surface area contributed by atoms with Crippen LogP contribution < -0.4 is 26.4 Å². The zero-order chi connectivity index (χ0) is 18.6. The van der Waals surface area contributed by atoms with Gasteiger partial charge < -0.3 is 15.8 Å². The highest BCUT2D eigenvalue weighted by atomic mass is 35.5. The van der Waals surface area contributed by atoms with Gasteiger partial charge in [-0.2, -0.15) is 0 Å². The van der Waals surface area contributed by atoms with Gasteiger partial charge in [-0.25, -0.2) is 4.98 Å². The molecule has 0 spiro atoms. The average molecular weight is 372 g/mol. The molecule has 0 aliphatic rings. The van der Waals surface area contributed by atoms with Gasteiger partial charge >= 0.3 is 6.36 Å². The Hall–Kier alpha value is -2.41. The second kappa shape index (κ2) is 7.65. The van der Waals surface area contributed by atoms with E-state index in [4.69, 9.17) is 17.3 Å². The number of nitrogen functional groups attached to an aromatic ring is 1. The maximum atomic E-state index is 12.2. The van der Waals surface area contributed by atoms with Gasteiger partial charge in [0, 0.05) is 11.1 Å². The number of pyridine rings is 1. The molecule has 2 aromatic rings. The van der Waals surface area contributed by atoms with Crippen molar-refractivity contribution in [1.82, 2.24) is 4.98 Å². The average Bonchev–Trinajstić information content (AvgIpc) is 2.55. The fraction of sp³-hybridized carbons (Fsp3) is 0.235. The van der Waals surface area contributed by atoms with Crippen LogP contribution in [0, 0.1) is 0 Å². The van der Waals surface area contributed by atoms with Crippen molar-refractivity contribution < 1.29 is 17.9 Å². The topological polar surface area (TPSA) is 60.2 Å². The van der Waals surface area contributed by atoms with Crippen LogP contribution in [0.5, 0.6) is 5.75 Å². The normalized spacial score (nSPS) is 13.6. The van der Waals surface area contributed by atoms with Crippen LogP contribution in [-0.2, 0) is 0 Å². The number of hydrogen-bond donors (Lipinski definition) is 2. The van der Waals surface area contributed by atoms with Crippen molar-refractivity contribution in [2.45, 2.75) is 26.6 Å². The number of hydrogen-bond acceptors (Lipinski definition) is 4. The molecule has 4 nitrogen and oxygen atoms in total. The lowest BCUT2D eigenvalue weighted by molar-refractivity contribution is -0.274. The smallest absolute Gasteiger partial charge is 0.406 e. The zero-order valence-electron chi connectivity index (χ0n) is 13.6. The summed E-state index contributed by atoms with van der Waals surface area (Å²) in [5.74, 6) is 0.0888. The Balaban J connectivity index is 2.35. The predicted octanol–water partition coefficient (Wildman–Crippen LogP) is 3.86. The summed E-state index contributed by atoms with van der Waals surface area (Å²) in [4.78, 5) is 4.45. The fourth-order valence-corrected chi connectivity index (χ4v) is 2.30. The molecule has 0 fully saturated rings. The van der Waals surface area contributed by atoms with Crippen LogP contribution >= 0.6 is 11.6 Å². The molecule has 134 valence electrons. The van der Waals surface area contributed by atoms with Crippen molar-refractivity contribution in [1.29, 1.82) is 0 Å². The fourth-order valence-electron chi connectivity index (χ4n) is 2.15. The van der Waals surface area contributed by atoms with E-state index in [2.05, 4.69) is 15.0 Å². The Morgan fingerprint density at radius 1 is 1.32 bits per heavy atom. The van der Waals surface area contributed by atoms with Crippen molar-refractivity contribution >= 4 is 39.9 Å². The third kappa shape index (κ3) is 5.03. The van der Waals surface area contributed by atoms with Crippen molar-refractivity contribution in [3.63, 3.8) is 0 Å². The van der Waals surface area contributed by atoms with E-state index in [0.717, 1.165) is 11.3 Å². The number of nitrogens with zero attached hydrogens (tertiary/aromatic N) is 1. The maximum absolute atomic E-state index is 12.2. The third-order valence-electron chi connectivity index (χ3n) is 3.32. The molecular weight excluding hydrogens is 355 g/mol. The Bertz CT molecular complexity index is 882. The largest absolute Gasteiger partial charge is 0.573 e. The summed E-state index contributed by atoms with van der Waals surface area (Å²) in [5, 5.41) is 5.12. The lowest BCUT2D eigenvalue weighted by Crippen LogP contribution is -2.29. The quantitative estimate of drug-likeness (QED) is 0.801. The lowest BCUT2D eigenvalue weighted by atomic mass is 10.2. The Morgan fingerprint density at radius 3 is 2.60 bits per heavy atom. The molecule has 25 heavy (non-hydrogen) atoms. The molecule has 8 heteroatoms. The van der Waals surface area contributed by atoms with Crippen LogP contribution in [0.4, 0.5) is 30.4 Å². The molecule has 1 heterocycles. The minimum atomic E-state index is -4.77. The summed E-state index contributed by atoms with van der Waals surface area (Å²) in [6.45, 7) is 3.80. The number of anilines is 3. The Kier molecular flexibility index (Phi) is 5.79. The number of benzene rings is 1. The zero-order valence-corrected chi connectivity index (χ0v) is 14.4. The van der Waals surface area contributed by atoms with Crippen LogP contribution in [0.1, 0.15) is 20.3 Å². The first kappa shape index (κ1) is 18.9. The monoisotopic (exact) mass is 371 g/mol. The molecule has 0 bridgehead atoms. The molecule has 0 saturated carbocycles. The molecule has 0 atom stereocenters. The second-order valence-corrected chi connectivity index (χ2v) is 5.56. The first-order valence-electron chi connectivity index (χ1n) is 7.48. The highest BCUT2D eigenvalue weighted by Crippen LogP contribution is 2.29. The number of rotatable bonds is 4. The van der Waals surface area contributed by atoms with Crippen LogP contribution in [0.25, 0.3) is 11.1 Å². The minimum absolute atomic E-state index is 0.0989. The Labute approximate surface area is 147 Å². The van der Waals surface area contributed by atoms with Gasteiger partial charge in [0.05, 0.1) is 16.7 Å². The molecule has 0 aliphatic carbocycles. The van der Waals surface area contributed by atoms with Crippen molar-refractivity contribution in [2.24, 2.45) is 0 Å². The van der Waals surface area contributed by atoms with Crippen LogP contribution in [0.3, 0.4) is 0 Å². The first-order valence-corrected chi connectivity index (χ1v) is 7.85. The number of alkyl halides is 3. The lowest BCUT2D eigenvalue weighted by Gasteiger charge is -2.12. The third-order valence-corrected chi connectivity index (χ3v) is 3.77. The molecule has 0 amide bonds. The van der Waals surface area contributed by atoms with Crippen molar-refractivity contribution in [3.8, 4) is 5.75 Å². The van der Waals surface area contributed by atoms with Crippen LogP contribution in [0.15, 0.2) is 30.3 Å².